The molecule has 1 aliphatic heterocycles. The summed E-state index contributed by atoms with van der Waals surface area (Å²) in [5, 5.41) is 1.42. The number of aromatic nitrogens is 2. The number of methoxy groups -OCH3 is 1. The van der Waals surface area contributed by atoms with Gasteiger partial charge >= 0.3 is 0 Å². The first kappa shape index (κ1) is 30.6. The molecule has 3 heterocycles. The number of nitrogens with zero attached hydrogens (tertiary/aromatic N) is 2. The lowest BCUT2D eigenvalue weighted by Gasteiger charge is -2.35. The summed E-state index contributed by atoms with van der Waals surface area (Å²) >= 11 is 0. The van der Waals surface area contributed by atoms with Gasteiger partial charge in [-0.05, 0) is 74.0 Å². The van der Waals surface area contributed by atoms with Crippen LogP contribution in [0, 0.1) is 6.92 Å². The van der Waals surface area contributed by atoms with E-state index < -0.39 is 15.4 Å². The molecule has 1 atom stereocenters. The molecule has 7 nitrogen and oxygen atoms in total. The van der Waals surface area contributed by atoms with Gasteiger partial charge in [-0.15, -0.1) is 0 Å². The molecule has 0 saturated heterocycles. The van der Waals surface area contributed by atoms with E-state index in [-0.39, 0.29) is 34.3 Å². The van der Waals surface area contributed by atoms with Crippen LogP contribution in [0.25, 0.3) is 44.3 Å². The molecule has 1 unspecified atom stereocenters. The van der Waals surface area contributed by atoms with E-state index in [0.717, 1.165) is 33.3 Å². The average molecular weight is 665 g/mol. The smallest absolute Gasteiger partial charge is 0.268 e. The number of Topliss-reactive ketones (excluding diaryl/α,β-unsaturated/α-hetero) is 1. The zero-order valence-electron chi connectivity index (χ0n) is 27.2. The minimum Gasteiger partial charge on any atom is -0.497 e. The van der Waals surface area contributed by atoms with Crippen molar-refractivity contribution in [2.75, 3.05) is 7.11 Å². The van der Waals surface area contributed by atoms with Crippen molar-refractivity contribution in [1.29, 1.82) is 0 Å². The topological polar surface area (TPSA) is 87.4 Å². The van der Waals surface area contributed by atoms with E-state index >= 15 is 4.79 Å². The molecule has 5 aromatic carbocycles. The normalized spacial score (nSPS) is 15.7. The van der Waals surface area contributed by atoms with Crippen molar-refractivity contribution in [3.05, 3.63) is 144 Å². The van der Waals surface area contributed by atoms with Crippen molar-refractivity contribution >= 4 is 43.5 Å². The number of ketones is 1. The number of ether oxygens (including phenoxy) is 1. The number of fused-ring (bicyclic) bond motifs is 6. The minimum atomic E-state index is -4.19. The highest BCUT2D eigenvalue weighted by molar-refractivity contribution is 7.90. The predicted octanol–water partition coefficient (Wildman–Crippen LogP) is 8.67. The Kier molecular flexibility index (Phi) is 6.98. The maximum Gasteiger partial charge on any atom is 0.268 e. The fourth-order valence-electron chi connectivity index (χ4n) is 7.27. The minimum absolute atomic E-state index is 0.1000. The van der Waals surface area contributed by atoms with Crippen molar-refractivity contribution in [1.82, 2.24) is 8.54 Å². The van der Waals surface area contributed by atoms with Crippen molar-refractivity contribution in [3.8, 4) is 28.3 Å². The van der Waals surface area contributed by atoms with Gasteiger partial charge in [0.15, 0.2) is 5.78 Å². The molecule has 0 bridgehead atoms. The molecule has 0 N–H and O–H groups in total. The Bertz CT molecular complexity index is 2580. The summed E-state index contributed by atoms with van der Waals surface area (Å²) in [6.07, 6.45) is -0.184. The van der Waals surface area contributed by atoms with E-state index in [0.29, 0.717) is 22.2 Å². The first-order valence-corrected chi connectivity index (χ1v) is 17.5. The Labute approximate surface area is 284 Å². The summed E-state index contributed by atoms with van der Waals surface area (Å²) in [6, 6.07) is 38.2. The molecular formula is C41H32N2O5S. The highest BCUT2D eigenvalue weighted by atomic mass is 32.2. The van der Waals surface area contributed by atoms with E-state index in [1.807, 2.05) is 68.4 Å². The SMILES string of the molecule is COc1ccc(-c2c(C(=O)CC3(C)C(=O)n4c(cc5ccccc54)-c4ccccc43)c3ccccc3n2S(=O)(=O)c2ccc(C)cc2)cc1. The van der Waals surface area contributed by atoms with Crippen molar-refractivity contribution < 1.29 is 22.7 Å². The van der Waals surface area contributed by atoms with Crippen LogP contribution in [0.5, 0.6) is 5.75 Å². The van der Waals surface area contributed by atoms with Gasteiger partial charge < -0.3 is 4.74 Å². The largest absolute Gasteiger partial charge is 0.497 e. The summed E-state index contributed by atoms with van der Waals surface area (Å²) in [6.45, 7) is 3.71. The summed E-state index contributed by atoms with van der Waals surface area (Å²) in [5.41, 5.74) is 4.24. The molecule has 0 aliphatic carbocycles. The second-order valence-electron chi connectivity index (χ2n) is 12.8. The molecule has 242 valence electrons. The van der Waals surface area contributed by atoms with Gasteiger partial charge in [0.25, 0.3) is 10.0 Å². The average Bonchev–Trinajstić information content (AvgIpc) is 3.68. The van der Waals surface area contributed by atoms with Crippen LogP contribution in [0.4, 0.5) is 0 Å². The molecular weight excluding hydrogens is 633 g/mol. The van der Waals surface area contributed by atoms with Crippen LogP contribution in [0.1, 0.15) is 39.6 Å². The van der Waals surface area contributed by atoms with Crippen LogP contribution < -0.4 is 4.74 Å². The highest BCUT2D eigenvalue weighted by Crippen LogP contribution is 2.46. The van der Waals surface area contributed by atoms with Gasteiger partial charge in [-0.3, -0.25) is 14.2 Å². The molecule has 0 fully saturated rings. The summed E-state index contributed by atoms with van der Waals surface area (Å²) in [5.74, 6) is 0.0376. The van der Waals surface area contributed by atoms with Gasteiger partial charge in [-0.2, -0.15) is 0 Å². The number of aryl methyl sites for hydroxylation is 1. The molecule has 8 heteroatoms. The number of hydrogen-bond acceptors (Lipinski definition) is 5. The van der Waals surface area contributed by atoms with Gasteiger partial charge in [-0.1, -0.05) is 78.4 Å². The lowest BCUT2D eigenvalue weighted by atomic mass is 9.72. The lowest BCUT2D eigenvalue weighted by molar-refractivity contribution is 0.0761. The third-order valence-electron chi connectivity index (χ3n) is 9.73. The van der Waals surface area contributed by atoms with Crippen LogP contribution in [-0.2, 0) is 15.4 Å². The van der Waals surface area contributed by atoms with Crippen molar-refractivity contribution in [2.24, 2.45) is 0 Å². The number of carbonyl (C=O) groups excluding carboxylic acids is 2. The number of hydrogen-bond donors (Lipinski definition) is 0. The van der Waals surface area contributed by atoms with Crippen LogP contribution in [0.3, 0.4) is 0 Å². The van der Waals surface area contributed by atoms with Crippen molar-refractivity contribution in [2.45, 2.75) is 30.6 Å². The predicted molar refractivity (Wildman–Crippen MR) is 192 cm³/mol. The summed E-state index contributed by atoms with van der Waals surface area (Å²) in [4.78, 5) is 29.9. The van der Waals surface area contributed by atoms with E-state index in [9.17, 15) is 13.2 Å². The van der Waals surface area contributed by atoms with Crippen LogP contribution in [0.2, 0.25) is 0 Å². The van der Waals surface area contributed by atoms with Crippen LogP contribution in [-0.4, -0.2) is 35.8 Å². The van der Waals surface area contributed by atoms with E-state index in [4.69, 9.17) is 4.74 Å². The molecule has 2 aromatic heterocycles. The Morgan fingerprint density at radius 2 is 1.45 bits per heavy atom. The second-order valence-corrected chi connectivity index (χ2v) is 14.5. The number of para-hydroxylation sites is 2. The molecule has 7 aromatic rings. The second kappa shape index (κ2) is 11.2. The number of rotatable bonds is 7. The third-order valence-corrected chi connectivity index (χ3v) is 11.5. The Balaban J connectivity index is 1.36. The fourth-order valence-corrected chi connectivity index (χ4v) is 8.82. The quantitative estimate of drug-likeness (QED) is 0.159. The van der Waals surface area contributed by atoms with Gasteiger partial charge in [-0.25, -0.2) is 12.4 Å². The molecule has 0 spiro atoms. The first-order valence-electron chi connectivity index (χ1n) is 16.0. The van der Waals surface area contributed by atoms with Gasteiger partial charge in [0.2, 0.25) is 5.91 Å². The molecule has 0 radical (unpaired) electrons. The first-order chi connectivity index (χ1) is 23.6. The maximum absolute atomic E-state index is 15.0. The number of carbonyl (C=O) groups is 2. The molecule has 8 rings (SSSR count). The summed E-state index contributed by atoms with van der Waals surface area (Å²) in [7, 11) is -2.63. The Hall–Kier alpha value is -5.73. The van der Waals surface area contributed by atoms with E-state index in [1.165, 1.54) is 3.97 Å². The molecule has 0 amide bonds. The molecule has 1 aliphatic rings. The van der Waals surface area contributed by atoms with E-state index in [1.54, 1.807) is 84.5 Å². The Morgan fingerprint density at radius 1 is 0.796 bits per heavy atom. The molecule has 0 saturated carbocycles. The monoisotopic (exact) mass is 664 g/mol. The number of benzene rings is 5. The van der Waals surface area contributed by atoms with Gasteiger partial charge in [0, 0.05) is 28.3 Å². The highest BCUT2D eigenvalue weighted by Gasteiger charge is 2.46. The fraction of sp³-hybridized carbons (Fsp3) is 0.122. The summed E-state index contributed by atoms with van der Waals surface area (Å²) < 4.78 is 37.6. The van der Waals surface area contributed by atoms with Gasteiger partial charge in [0.1, 0.15) is 5.75 Å². The van der Waals surface area contributed by atoms with Crippen LogP contribution in [0.15, 0.2) is 132 Å². The van der Waals surface area contributed by atoms with E-state index in [2.05, 4.69) is 0 Å². The standard InChI is InChI=1S/C41H32N2O5S/c1-26-16-22-30(23-17-26)49(46,47)43-35-15-9-6-12-32(35)38(39(43)27-18-20-29(48-3)21-19-27)37(44)25-41(2)33-13-7-5-11-31(33)36-24-28-10-4-8-14-34(28)42(36)40(41)45/h4-24H,25H2,1-3H3. The molecule has 49 heavy (non-hydrogen) atoms. The maximum atomic E-state index is 15.0. The zero-order valence-corrected chi connectivity index (χ0v) is 28.0. The lowest BCUT2D eigenvalue weighted by Crippen LogP contribution is -2.42. The van der Waals surface area contributed by atoms with Crippen molar-refractivity contribution in [3.63, 3.8) is 0 Å². The zero-order chi connectivity index (χ0) is 34.1. The third kappa shape index (κ3) is 4.59. The van der Waals surface area contributed by atoms with Gasteiger partial charge in [0.05, 0.1) is 45.4 Å². The Morgan fingerprint density at radius 3 is 2.18 bits per heavy atom. The van der Waals surface area contributed by atoms with Crippen LogP contribution >= 0.6 is 0 Å².